The first kappa shape index (κ1) is 27.7. The van der Waals surface area contributed by atoms with E-state index in [0.717, 1.165) is 12.8 Å². The van der Waals surface area contributed by atoms with Gasteiger partial charge in [-0.15, -0.1) is 5.10 Å². The van der Waals surface area contributed by atoms with Crippen LogP contribution in [0.2, 0.25) is 0 Å². The highest BCUT2D eigenvalue weighted by molar-refractivity contribution is 8.10. The summed E-state index contributed by atoms with van der Waals surface area (Å²) in [6, 6.07) is 4.20. The fourth-order valence-electron chi connectivity index (χ4n) is 4.06. The van der Waals surface area contributed by atoms with E-state index in [1.54, 1.807) is 13.8 Å². The Morgan fingerprint density at radius 2 is 1.64 bits per heavy atom. The molecule has 2 aromatic heterocycles. The molecule has 0 amide bonds. The summed E-state index contributed by atoms with van der Waals surface area (Å²) in [7, 11) is -8.35. The number of nitrogens with one attached hydrogen (secondary N) is 1. The van der Waals surface area contributed by atoms with Crippen LogP contribution in [0.4, 0.5) is 5.69 Å². The van der Waals surface area contributed by atoms with Crippen LogP contribution < -0.4 is 14.0 Å². The first-order valence-electron chi connectivity index (χ1n) is 12.0. The van der Waals surface area contributed by atoms with E-state index in [-0.39, 0.29) is 29.6 Å². The summed E-state index contributed by atoms with van der Waals surface area (Å²) in [5, 5.41) is 4.65. The van der Waals surface area contributed by atoms with Crippen molar-refractivity contribution in [3.63, 3.8) is 0 Å². The van der Waals surface area contributed by atoms with Crippen LogP contribution in [-0.2, 0) is 20.0 Å². The van der Waals surface area contributed by atoms with Crippen molar-refractivity contribution < 1.29 is 21.6 Å². The summed E-state index contributed by atoms with van der Waals surface area (Å²) in [6.45, 7) is 10.6. The Morgan fingerprint density at radius 3 is 2.17 bits per heavy atom. The predicted molar refractivity (Wildman–Crippen MR) is 140 cm³/mol. The molecule has 198 valence electrons. The standard InChI is InChI=1S/C23H33N5O6S2/c1-7-16(8-2)22-24-15(6)20-23(29)25-21(26-27(20)22)18-14-17(12-13-19(18)34-9-3)28(35(30,31)10-4)36(32,33)11-5/h12-14,16H,7-11H2,1-6H3,(H,25,26,29). The minimum absolute atomic E-state index is 0.0749. The van der Waals surface area contributed by atoms with Gasteiger partial charge in [0.05, 0.1) is 35.1 Å². The zero-order valence-electron chi connectivity index (χ0n) is 21.4. The molecule has 0 unspecified atom stereocenters. The molecule has 0 aliphatic carbocycles. The summed E-state index contributed by atoms with van der Waals surface area (Å²) in [4.78, 5) is 20.4. The Balaban J connectivity index is 2.36. The van der Waals surface area contributed by atoms with Gasteiger partial charge in [0.15, 0.2) is 11.3 Å². The minimum atomic E-state index is -4.17. The van der Waals surface area contributed by atoms with Gasteiger partial charge in [-0.1, -0.05) is 13.8 Å². The maximum absolute atomic E-state index is 13.1. The van der Waals surface area contributed by atoms with Crippen LogP contribution in [0.25, 0.3) is 16.9 Å². The van der Waals surface area contributed by atoms with E-state index in [2.05, 4.69) is 15.1 Å². The van der Waals surface area contributed by atoms with E-state index in [1.165, 1.54) is 36.6 Å². The molecule has 1 N–H and O–H groups in total. The lowest BCUT2D eigenvalue weighted by atomic mass is 10.0. The lowest BCUT2D eigenvalue weighted by Crippen LogP contribution is -2.39. The van der Waals surface area contributed by atoms with Crippen molar-refractivity contribution in [2.45, 2.75) is 60.3 Å². The molecule has 0 saturated heterocycles. The highest BCUT2D eigenvalue weighted by Gasteiger charge is 2.32. The molecule has 0 aliphatic heterocycles. The molecule has 13 heteroatoms. The third-order valence-corrected chi connectivity index (χ3v) is 10.3. The van der Waals surface area contributed by atoms with Gasteiger partial charge in [-0.05, 0) is 58.7 Å². The Kier molecular flexibility index (Phi) is 8.13. The normalized spacial score (nSPS) is 12.4. The molecular weight excluding hydrogens is 506 g/mol. The molecule has 2 heterocycles. The number of hydrogen-bond acceptors (Lipinski definition) is 8. The molecule has 36 heavy (non-hydrogen) atoms. The highest BCUT2D eigenvalue weighted by Crippen LogP contribution is 2.34. The van der Waals surface area contributed by atoms with E-state index in [0.29, 0.717) is 26.5 Å². The summed E-state index contributed by atoms with van der Waals surface area (Å²) in [6.07, 6.45) is 1.61. The van der Waals surface area contributed by atoms with Gasteiger partial charge in [0, 0.05) is 5.92 Å². The third kappa shape index (κ3) is 4.99. The number of anilines is 1. The number of sulfonamides is 2. The molecule has 1 aromatic carbocycles. The lowest BCUT2D eigenvalue weighted by molar-refractivity contribution is 0.341. The molecule has 3 aromatic rings. The van der Waals surface area contributed by atoms with Crippen molar-refractivity contribution in [3.8, 4) is 17.1 Å². The predicted octanol–water partition coefficient (Wildman–Crippen LogP) is 3.20. The Morgan fingerprint density at radius 1 is 1.03 bits per heavy atom. The molecular formula is C23H33N5O6S2. The summed E-state index contributed by atoms with van der Waals surface area (Å²) in [5.74, 6) is 0.312. The monoisotopic (exact) mass is 539 g/mol. The Labute approximate surface area is 211 Å². The highest BCUT2D eigenvalue weighted by atomic mass is 32.3. The van der Waals surface area contributed by atoms with Crippen LogP contribution in [0, 0.1) is 6.92 Å². The van der Waals surface area contributed by atoms with Crippen molar-refractivity contribution in [3.05, 3.63) is 40.1 Å². The molecule has 0 saturated carbocycles. The van der Waals surface area contributed by atoms with Crippen LogP contribution in [0.5, 0.6) is 5.75 Å². The summed E-state index contributed by atoms with van der Waals surface area (Å²) in [5.41, 5.74) is 0.595. The second kappa shape index (κ2) is 10.6. The fraction of sp³-hybridized carbons (Fsp3) is 0.522. The van der Waals surface area contributed by atoms with E-state index >= 15 is 0 Å². The number of fused-ring (bicyclic) bond motifs is 1. The number of nitrogens with zero attached hydrogens (tertiary/aromatic N) is 4. The molecule has 0 bridgehead atoms. The number of benzene rings is 1. The van der Waals surface area contributed by atoms with Crippen LogP contribution in [0.1, 0.15) is 64.9 Å². The second-order valence-corrected chi connectivity index (χ2v) is 12.7. The van der Waals surface area contributed by atoms with Gasteiger partial charge in [0.2, 0.25) is 20.0 Å². The van der Waals surface area contributed by atoms with Gasteiger partial charge < -0.3 is 9.72 Å². The van der Waals surface area contributed by atoms with Gasteiger partial charge in [-0.2, -0.15) is 3.71 Å². The van der Waals surface area contributed by atoms with Crippen LogP contribution in [-0.4, -0.2) is 54.5 Å². The summed E-state index contributed by atoms with van der Waals surface area (Å²) < 4.78 is 58.9. The number of imidazole rings is 1. The zero-order valence-corrected chi connectivity index (χ0v) is 23.0. The minimum Gasteiger partial charge on any atom is -0.493 e. The van der Waals surface area contributed by atoms with E-state index in [9.17, 15) is 21.6 Å². The number of aryl methyl sites for hydroxylation is 1. The molecule has 3 rings (SSSR count). The van der Waals surface area contributed by atoms with Crippen molar-refractivity contribution in [2.75, 3.05) is 21.8 Å². The molecule has 0 aliphatic rings. The first-order chi connectivity index (χ1) is 16.9. The van der Waals surface area contributed by atoms with Gasteiger partial charge in [-0.3, -0.25) is 4.79 Å². The van der Waals surface area contributed by atoms with Crippen LogP contribution >= 0.6 is 0 Å². The van der Waals surface area contributed by atoms with Gasteiger partial charge in [0.25, 0.3) is 5.56 Å². The topological polar surface area (TPSA) is 144 Å². The van der Waals surface area contributed by atoms with E-state index in [1.807, 2.05) is 13.8 Å². The van der Waals surface area contributed by atoms with Crippen molar-refractivity contribution in [2.24, 2.45) is 0 Å². The average molecular weight is 540 g/mol. The first-order valence-corrected chi connectivity index (χ1v) is 15.2. The number of aromatic nitrogens is 4. The second-order valence-electron chi connectivity index (χ2n) is 8.24. The van der Waals surface area contributed by atoms with Gasteiger partial charge in [-0.25, -0.2) is 26.3 Å². The maximum Gasteiger partial charge on any atom is 0.277 e. The largest absolute Gasteiger partial charge is 0.493 e. The summed E-state index contributed by atoms with van der Waals surface area (Å²) >= 11 is 0. The molecule has 0 atom stereocenters. The van der Waals surface area contributed by atoms with Gasteiger partial charge in [0.1, 0.15) is 11.6 Å². The van der Waals surface area contributed by atoms with Gasteiger partial charge >= 0.3 is 0 Å². The van der Waals surface area contributed by atoms with Crippen LogP contribution in [0.3, 0.4) is 0 Å². The van der Waals surface area contributed by atoms with Crippen molar-refractivity contribution in [1.82, 2.24) is 19.6 Å². The number of hydrogen-bond donors (Lipinski definition) is 1. The number of ether oxygens (including phenoxy) is 1. The number of H-pyrrole nitrogens is 1. The molecule has 0 spiro atoms. The number of aromatic amines is 1. The molecule has 0 radical (unpaired) electrons. The quantitative estimate of drug-likeness (QED) is 0.391. The smallest absolute Gasteiger partial charge is 0.277 e. The van der Waals surface area contributed by atoms with Crippen molar-refractivity contribution in [1.29, 1.82) is 0 Å². The van der Waals surface area contributed by atoms with Crippen LogP contribution in [0.15, 0.2) is 23.0 Å². The van der Waals surface area contributed by atoms with Crippen molar-refractivity contribution >= 4 is 31.3 Å². The molecule has 0 fully saturated rings. The fourth-order valence-corrected chi connectivity index (χ4v) is 7.41. The Hall–Kier alpha value is -2.93. The Bertz CT molecular complexity index is 1490. The van der Waals surface area contributed by atoms with E-state index < -0.39 is 37.1 Å². The SMILES string of the molecule is CCOc1ccc(N(S(=O)(=O)CC)S(=O)(=O)CC)cc1-c1nn2c(C(CC)CC)nc(C)c2c(=O)[nH]1. The zero-order chi connectivity index (χ0) is 26.8. The lowest BCUT2D eigenvalue weighted by Gasteiger charge is -2.23. The molecule has 11 nitrogen and oxygen atoms in total. The average Bonchev–Trinajstić information content (AvgIpc) is 3.17. The number of rotatable bonds is 11. The maximum atomic E-state index is 13.1. The van der Waals surface area contributed by atoms with E-state index in [4.69, 9.17) is 4.74 Å². The third-order valence-electron chi connectivity index (χ3n) is 6.02.